The van der Waals surface area contributed by atoms with Crippen LogP contribution in [0.5, 0.6) is 0 Å². The van der Waals surface area contributed by atoms with Crippen molar-refractivity contribution in [1.29, 1.82) is 0 Å². The van der Waals surface area contributed by atoms with Crippen LogP contribution in [0, 0.1) is 10.1 Å². The molecular formula is C19H15N3O5S2. The number of para-hydroxylation sites is 2. The average molecular weight is 429 g/mol. The van der Waals surface area contributed by atoms with E-state index in [1.165, 1.54) is 23.6 Å². The fourth-order valence-corrected chi connectivity index (χ4v) is 4.08. The van der Waals surface area contributed by atoms with Crippen LogP contribution < -0.4 is 10.0 Å². The lowest BCUT2D eigenvalue weighted by atomic mass is 10.2. The number of nitrogens with one attached hydrogen (secondary N) is 2. The number of nitro benzene ring substituents is 1. The number of carbonyl (C=O) groups is 1. The highest BCUT2D eigenvalue weighted by molar-refractivity contribution is 7.92. The van der Waals surface area contributed by atoms with Gasteiger partial charge in [0.15, 0.2) is 5.78 Å². The molecule has 8 nitrogen and oxygen atoms in total. The molecule has 0 atom stereocenters. The van der Waals surface area contributed by atoms with Crippen LogP contribution in [0.4, 0.5) is 17.1 Å². The fourth-order valence-electron chi connectivity index (χ4n) is 2.36. The SMILES string of the molecule is O=C(C=CNc1ccccc1NS(=O)(=O)c1ccc([N+](=O)[O-])cc1)c1cccs1. The first-order chi connectivity index (χ1) is 13.9. The lowest BCUT2D eigenvalue weighted by Gasteiger charge is -2.12. The van der Waals surface area contributed by atoms with Gasteiger partial charge in [-0.05, 0) is 35.7 Å². The van der Waals surface area contributed by atoms with Crippen molar-refractivity contribution in [2.24, 2.45) is 0 Å². The van der Waals surface area contributed by atoms with Gasteiger partial charge in [-0.2, -0.15) is 0 Å². The molecule has 0 spiro atoms. The summed E-state index contributed by atoms with van der Waals surface area (Å²) in [7, 11) is -3.96. The number of ketones is 1. The van der Waals surface area contributed by atoms with Crippen LogP contribution in [0.3, 0.4) is 0 Å². The third kappa shape index (κ3) is 5.06. The molecule has 3 rings (SSSR count). The second kappa shape index (κ2) is 8.67. The van der Waals surface area contributed by atoms with E-state index in [4.69, 9.17) is 0 Å². The van der Waals surface area contributed by atoms with Crippen LogP contribution in [-0.4, -0.2) is 19.1 Å². The number of anilines is 2. The number of hydrogen-bond acceptors (Lipinski definition) is 7. The average Bonchev–Trinajstić information content (AvgIpc) is 3.24. The molecule has 0 aliphatic rings. The van der Waals surface area contributed by atoms with E-state index in [-0.39, 0.29) is 22.1 Å². The molecule has 2 N–H and O–H groups in total. The zero-order valence-corrected chi connectivity index (χ0v) is 16.4. The van der Waals surface area contributed by atoms with Gasteiger partial charge in [0.2, 0.25) is 0 Å². The number of sulfonamides is 1. The fraction of sp³-hybridized carbons (Fsp3) is 0. The van der Waals surface area contributed by atoms with Crippen molar-refractivity contribution in [2.45, 2.75) is 4.90 Å². The third-order valence-electron chi connectivity index (χ3n) is 3.77. The molecule has 0 amide bonds. The minimum atomic E-state index is -3.96. The van der Waals surface area contributed by atoms with Crippen LogP contribution in [-0.2, 0) is 10.0 Å². The Morgan fingerprint density at radius 2 is 1.69 bits per heavy atom. The zero-order valence-electron chi connectivity index (χ0n) is 14.8. The van der Waals surface area contributed by atoms with Gasteiger partial charge in [-0.25, -0.2) is 8.42 Å². The molecule has 3 aromatic rings. The van der Waals surface area contributed by atoms with E-state index in [2.05, 4.69) is 10.0 Å². The Hall–Kier alpha value is -3.50. The maximum Gasteiger partial charge on any atom is 0.269 e. The summed E-state index contributed by atoms with van der Waals surface area (Å²) in [5, 5.41) is 15.4. The third-order valence-corrected chi connectivity index (χ3v) is 6.03. The molecule has 148 valence electrons. The minimum absolute atomic E-state index is 0.110. The molecule has 0 saturated carbocycles. The first-order valence-corrected chi connectivity index (χ1v) is 10.6. The first kappa shape index (κ1) is 20.2. The molecule has 0 fully saturated rings. The second-order valence-corrected chi connectivity index (χ2v) is 8.35. The Morgan fingerprint density at radius 1 is 1.00 bits per heavy atom. The molecule has 0 aliphatic heterocycles. The van der Waals surface area contributed by atoms with E-state index < -0.39 is 14.9 Å². The van der Waals surface area contributed by atoms with Crippen molar-refractivity contribution in [3.8, 4) is 0 Å². The summed E-state index contributed by atoms with van der Waals surface area (Å²) in [6.45, 7) is 0. The van der Waals surface area contributed by atoms with Gasteiger partial charge in [-0.15, -0.1) is 11.3 Å². The standard InChI is InChI=1S/C19H15N3O5S2/c23-18(19-6-3-13-28-19)11-12-20-16-4-1-2-5-17(16)21-29(26,27)15-9-7-14(8-10-15)22(24)25/h1-13,20-21H. The Morgan fingerprint density at radius 3 is 2.31 bits per heavy atom. The van der Waals surface area contributed by atoms with E-state index in [9.17, 15) is 23.3 Å². The maximum atomic E-state index is 12.6. The predicted molar refractivity (Wildman–Crippen MR) is 112 cm³/mol. The van der Waals surface area contributed by atoms with Gasteiger partial charge in [0.05, 0.1) is 26.1 Å². The van der Waals surface area contributed by atoms with Crippen LogP contribution in [0.1, 0.15) is 9.67 Å². The van der Waals surface area contributed by atoms with Gasteiger partial charge in [0.25, 0.3) is 15.7 Å². The van der Waals surface area contributed by atoms with Crippen molar-refractivity contribution in [3.63, 3.8) is 0 Å². The molecular weight excluding hydrogens is 414 g/mol. The van der Waals surface area contributed by atoms with Crippen molar-refractivity contribution in [3.05, 3.63) is 93.3 Å². The first-order valence-electron chi connectivity index (χ1n) is 8.24. The normalized spacial score (nSPS) is 11.3. The molecule has 0 radical (unpaired) electrons. The molecule has 2 aromatic carbocycles. The Labute approximate surface area is 170 Å². The topological polar surface area (TPSA) is 118 Å². The molecule has 0 bridgehead atoms. The van der Waals surface area contributed by atoms with Crippen LogP contribution in [0.15, 0.2) is 83.2 Å². The Bertz CT molecular complexity index is 1150. The summed E-state index contributed by atoms with van der Waals surface area (Å²) in [5.74, 6) is -0.170. The number of carbonyl (C=O) groups excluding carboxylic acids is 1. The van der Waals surface area contributed by atoms with Gasteiger partial charge in [-0.1, -0.05) is 18.2 Å². The number of thiophene rings is 1. The van der Waals surface area contributed by atoms with Gasteiger partial charge in [-0.3, -0.25) is 19.6 Å². The maximum absolute atomic E-state index is 12.6. The number of hydrogen-bond donors (Lipinski definition) is 2. The van der Waals surface area contributed by atoms with Crippen molar-refractivity contribution in [1.82, 2.24) is 0 Å². The molecule has 0 aliphatic carbocycles. The lowest BCUT2D eigenvalue weighted by molar-refractivity contribution is -0.384. The Balaban J connectivity index is 1.76. The van der Waals surface area contributed by atoms with Gasteiger partial charge in [0, 0.05) is 24.4 Å². The quantitative estimate of drug-likeness (QED) is 0.239. The van der Waals surface area contributed by atoms with E-state index in [0.29, 0.717) is 10.6 Å². The van der Waals surface area contributed by atoms with Gasteiger partial charge < -0.3 is 5.32 Å². The predicted octanol–water partition coefficient (Wildman–Crippen LogP) is 4.27. The molecule has 0 saturated heterocycles. The summed E-state index contributed by atoms with van der Waals surface area (Å²) in [6, 6.07) is 14.6. The van der Waals surface area contributed by atoms with Gasteiger partial charge >= 0.3 is 0 Å². The summed E-state index contributed by atoms with van der Waals surface area (Å²) >= 11 is 1.33. The van der Waals surface area contributed by atoms with Crippen LogP contribution in [0.25, 0.3) is 0 Å². The highest BCUT2D eigenvalue weighted by Crippen LogP contribution is 2.25. The highest BCUT2D eigenvalue weighted by Gasteiger charge is 2.17. The number of nitrogens with zero attached hydrogens (tertiary/aromatic N) is 1. The molecule has 0 unspecified atom stereocenters. The highest BCUT2D eigenvalue weighted by atomic mass is 32.2. The van der Waals surface area contributed by atoms with Crippen LogP contribution in [0.2, 0.25) is 0 Å². The number of benzene rings is 2. The molecule has 29 heavy (non-hydrogen) atoms. The van der Waals surface area contributed by atoms with Crippen molar-refractivity contribution in [2.75, 3.05) is 10.0 Å². The van der Waals surface area contributed by atoms with Crippen molar-refractivity contribution < 1.29 is 18.1 Å². The van der Waals surface area contributed by atoms with Crippen molar-refractivity contribution >= 4 is 44.2 Å². The largest absolute Gasteiger partial charge is 0.360 e. The summed E-state index contributed by atoms with van der Waals surface area (Å²) in [4.78, 5) is 22.6. The summed E-state index contributed by atoms with van der Waals surface area (Å²) in [6.07, 6.45) is 2.79. The summed E-state index contributed by atoms with van der Waals surface area (Å²) < 4.78 is 27.6. The van der Waals surface area contributed by atoms with Gasteiger partial charge in [0.1, 0.15) is 0 Å². The molecule has 10 heteroatoms. The number of allylic oxidation sites excluding steroid dienone is 1. The zero-order chi connectivity index (χ0) is 20.9. The monoisotopic (exact) mass is 429 g/mol. The number of rotatable bonds is 8. The second-order valence-electron chi connectivity index (χ2n) is 5.72. The van der Waals surface area contributed by atoms with E-state index >= 15 is 0 Å². The smallest absolute Gasteiger partial charge is 0.269 e. The lowest BCUT2D eigenvalue weighted by Crippen LogP contribution is -2.14. The minimum Gasteiger partial charge on any atom is -0.360 e. The van der Waals surface area contributed by atoms with E-state index in [0.717, 1.165) is 24.3 Å². The molecule has 1 heterocycles. The van der Waals surface area contributed by atoms with E-state index in [1.807, 2.05) is 0 Å². The molecule has 1 aromatic heterocycles. The number of nitro groups is 1. The summed E-state index contributed by atoms with van der Waals surface area (Å²) in [5.41, 5.74) is 0.499. The Kier molecular flexibility index (Phi) is 6.05. The van der Waals surface area contributed by atoms with E-state index in [1.54, 1.807) is 41.8 Å². The number of non-ortho nitro benzene ring substituents is 1. The van der Waals surface area contributed by atoms with Crippen LogP contribution >= 0.6 is 11.3 Å².